The van der Waals surface area contributed by atoms with Gasteiger partial charge in [0.25, 0.3) is 10.0 Å². The van der Waals surface area contributed by atoms with Crippen LogP contribution in [0, 0.1) is 13.8 Å². The number of hydrogen-bond acceptors (Lipinski definition) is 9. The second kappa shape index (κ2) is 10.6. The Morgan fingerprint density at radius 3 is 2.53 bits per heavy atom. The van der Waals surface area contributed by atoms with Crippen molar-refractivity contribution in [2.24, 2.45) is 0 Å². The molecule has 0 unspecified atom stereocenters. The lowest BCUT2D eigenvalue weighted by atomic mass is 10.2. The number of benzene rings is 1. The molecule has 0 N–H and O–H groups in total. The van der Waals surface area contributed by atoms with E-state index in [1.54, 1.807) is 24.3 Å². The van der Waals surface area contributed by atoms with Crippen LogP contribution < -0.4 is 9.47 Å². The van der Waals surface area contributed by atoms with Crippen LogP contribution in [-0.4, -0.2) is 45.1 Å². The zero-order valence-corrected chi connectivity index (χ0v) is 20.3. The molecule has 34 heavy (non-hydrogen) atoms. The van der Waals surface area contributed by atoms with Crippen molar-refractivity contribution in [3.63, 3.8) is 0 Å². The molecular formula is C23H26N2O8S. The van der Waals surface area contributed by atoms with Gasteiger partial charge in [-0.05, 0) is 49.8 Å². The van der Waals surface area contributed by atoms with Gasteiger partial charge in [-0.15, -0.1) is 0 Å². The SMILES string of the molecule is COc1cc(/C=C/C(=O)OCc2ccc(S(=O)(=O)N(C)C)o2)ccc1OCc1c(C)noc1C. The molecule has 1 aromatic carbocycles. The molecule has 0 bridgehead atoms. The van der Waals surface area contributed by atoms with Gasteiger partial charge in [0.15, 0.2) is 11.5 Å². The number of nitrogens with zero attached hydrogens (tertiary/aromatic N) is 2. The van der Waals surface area contributed by atoms with Gasteiger partial charge in [-0.3, -0.25) is 0 Å². The first-order chi connectivity index (χ1) is 16.1. The van der Waals surface area contributed by atoms with E-state index >= 15 is 0 Å². The smallest absolute Gasteiger partial charge is 0.331 e. The molecular weight excluding hydrogens is 464 g/mol. The van der Waals surface area contributed by atoms with Crippen molar-refractivity contribution in [2.45, 2.75) is 32.2 Å². The van der Waals surface area contributed by atoms with Crippen molar-refractivity contribution in [1.29, 1.82) is 0 Å². The third-order valence-corrected chi connectivity index (χ3v) is 6.57. The number of esters is 1. The van der Waals surface area contributed by atoms with Crippen molar-refractivity contribution < 1.29 is 36.4 Å². The third-order valence-electron chi connectivity index (χ3n) is 4.88. The van der Waals surface area contributed by atoms with Crippen molar-refractivity contribution in [1.82, 2.24) is 9.46 Å². The van der Waals surface area contributed by atoms with E-state index in [2.05, 4.69) is 5.16 Å². The zero-order chi connectivity index (χ0) is 24.9. The topological polar surface area (TPSA) is 121 Å². The van der Waals surface area contributed by atoms with Crippen LogP contribution in [0.2, 0.25) is 0 Å². The monoisotopic (exact) mass is 490 g/mol. The van der Waals surface area contributed by atoms with E-state index in [1.165, 1.54) is 39.4 Å². The summed E-state index contributed by atoms with van der Waals surface area (Å²) in [6, 6.07) is 7.98. The average Bonchev–Trinajstić information content (AvgIpc) is 3.42. The van der Waals surface area contributed by atoms with Gasteiger partial charge in [0.2, 0.25) is 5.09 Å². The Bertz CT molecular complexity index is 1270. The van der Waals surface area contributed by atoms with Crippen LogP contribution in [0.15, 0.2) is 50.4 Å². The normalized spacial score (nSPS) is 11.8. The fraction of sp³-hybridized carbons (Fsp3) is 0.304. The fourth-order valence-electron chi connectivity index (χ4n) is 2.87. The number of methoxy groups -OCH3 is 1. The summed E-state index contributed by atoms with van der Waals surface area (Å²) in [6.07, 6.45) is 2.81. The maximum Gasteiger partial charge on any atom is 0.331 e. The minimum atomic E-state index is -3.69. The van der Waals surface area contributed by atoms with E-state index in [0.717, 1.165) is 15.6 Å². The summed E-state index contributed by atoms with van der Waals surface area (Å²) in [5, 5.41) is 3.69. The lowest BCUT2D eigenvalue weighted by Gasteiger charge is -2.11. The molecule has 0 fully saturated rings. The summed E-state index contributed by atoms with van der Waals surface area (Å²) in [7, 11) is 0.627. The number of aryl methyl sites for hydroxylation is 2. The molecule has 2 aromatic heterocycles. The highest BCUT2D eigenvalue weighted by molar-refractivity contribution is 7.88. The summed E-state index contributed by atoms with van der Waals surface area (Å²) in [5.74, 6) is 1.31. The quantitative estimate of drug-likeness (QED) is 0.310. The molecule has 0 saturated carbocycles. The van der Waals surface area contributed by atoms with Gasteiger partial charge in [0.1, 0.15) is 24.7 Å². The molecule has 0 spiro atoms. The first-order valence-corrected chi connectivity index (χ1v) is 11.6. The maximum absolute atomic E-state index is 12.1. The predicted octanol–water partition coefficient (Wildman–Crippen LogP) is 3.48. The Kier molecular flexibility index (Phi) is 7.79. The van der Waals surface area contributed by atoms with E-state index < -0.39 is 16.0 Å². The number of hydrogen-bond donors (Lipinski definition) is 0. The fourth-order valence-corrected chi connectivity index (χ4v) is 3.69. The standard InChI is InChI=1S/C23H26N2O8S/c1-15-19(16(2)33-24-15)14-30-20-9-6-17(12-21(20)29-5)7-10-22(26)31-13-18-8-11-23(32-18)34(27,28)25(3)4/h6-12H,13-14H2,1-5H3/b10-7+. The van der Waals surface area contributed by atoms with Crippen molar-refractivity contribution in [2.75, 3.05) is 21.2 Å². The van der Waals surface area contributed by atoms with Gasteiger partial charge >= 0.3 is 5.97 Å². The predicted molar refractivity (Wildman–Crippen MR) is 122 cm³/mol. The van der Waals surface area contributed by atoms with Crippen LogP contribution >= 0.6 is 0 Å². The average molecular weight is 491 g/mol. The molecule has 0 atom stereocenters. The lowest BCUT2D eigenvalue weighted by molar-refractivity contribution is -0.139. The highest BCUT2D eigenvalue weighted by atomic mass is 32.2. The maximum atomic E-state index is 12.1. The van der Waals surface area contributed by atoms with Crippen LogP contribution in [0.25, 0.3) is 6.08 Å². The summed E-state index contributed by atoms with van der Waals surface area (Å²) in [4.78, 5) is 12.1. The first-order valence-electron chi connectivity index (χ1n) is 10.2. The summed E-state index contributed by atoms with van der Waals surface area (Å²) >= 11 is 0. The molecule has 0 aliphatic rings. The molecule has 0 saturated heterocycles. The van der Waals surface area contributed by atoms with Gasteiger partial charge in [-0.25, -0.2) is 17.5 Å². The van der Waals surface area contributed by atoms with Crippen LogP contribution in [0.3, 0.4) is 0 Å². The molecule has 0 aliphatic heterocycles. The zero-order valence-electron chi connectivity index (χ0n) is 19.5. The van der Waals surface area contributed by atoms with E-state index in [4.69, 9.17) is 23.2 Å². The Labute approximate surface area is 197 Å². The van der Waals surface area contributed by atoms with E-state index in [9.17, 15) is 13.2 Å². The molecule has 0 aliphatic carbocycles. The molecule has 182 valence electrons. The largest absolute Gasteiger partial charge is 0.493 e. The van der Waals surface area contributed by atoms with Crippen molar-refractivity contribution in [3.8, 4) is 11.5 Å². The minimum absolute atomic E-state index is 0.204. The van der Waals surface area contributed by atoms with Crippen molar-refractivity contribution in [3.05, 3.63) is 64.7 Å². The summed E-state index contributed by atoms with van der Waals surface area (Å²) in [6.45, 7) is 3.74. The summed E-state index contributed by atoms with van der Waals surface area (Å²) < 4.78 is 51.9. The first kappa shape index (κ1) is 25.1. The number of sulfonamides is 1. The van der Waals surface area contributed by atoms with E-state index in [0.29, 0.717) is 22.8 Å². The molecule has 3 aromatic rings. The highest BCUT2D eigenvalue weighted by Crippen LogP contribution is 2.30. The van der Waals surface area contributed by atoms with E-state index in [1.807, 2.05) is 13.8 Å². The number of carbonyl (C=O) groups is 1. The van der Waals surface area contributed by atoms with Gasteiger partial charge in [0, 0.05) is 20.2 Å². The van der Waals surface area contributed by atoms with E-state index in [-0.39, 0.29) is 24.1 Å². The van der Waals surface area contributed by atoms with Gasteiger partial charge in [0.05, 0.1) is 18.4 Å². The van der Waals surface area contributed by atoms with Gasteiger partial charge < -0.3 is 23.2 Å². The Hall–Kier alpha value is -3.57. The van der Waals surface area contributed by atoms with Gasteiger partial charge in [-0.1, -0.05) is 11.2 Å². The number of furan rings is 1. The Balaban J connectivity index is 1.58. The number of carbonyl (C=O) groups excluding carboxylic acids is 1. The van der Waals surface area contributed by atoms with Crippen LogP contribution in [0.1, 0.15) is 28.3 Å². The molecule has 11 heteroatoms. The van der Waals surface area contributed by atoms with Crippen molar-refractivity contribution >= 4 is 22.1 Å². The van der Waals surface area contributed by atoms with Crippen LogP contribution in [0.5, 0.6) is 11.5 Å². The second-order valence-electron chi connectivity index (χ2n) is 7.45. The molecule has 3 rings (SSSR count). The molecule has 2 heterocycles. The lowest BCUT2D eigenvalue weighted by Crippen LogP contribution is -2.21. The number of aromatic nitrogens is 1. The highest BCUT2D eigenvalue weighted by Gasteiger charge is 2.21. The second-order valence-corrected chi connectivity index (χ2v) is 9.53. The molecule has 10 nitrogen and oxygen atoms in total. The Morgan fingerprint density at radius 1 is 1.12 bits per heavy atom. The minimum Gasteiger partial charge on any atom is -0.493 e. The molecule has 0 radical (unpaired) electrons. The van der Waals surface area contributed by atoms with Crippen LogP contribution in [-0.2, 0) is 32.8 Å². The Morgan fingerprint density at radius 2 is 1.88 bits per heavy atom. The molecule has 0 amide bonds. The van der Waals surface area contributed by atoms with Gasteiger partial charge in [-0.2, -0.15) is 0 Å². The number of rotatable bonds is 10. The number of ether oxygens (including phenoxy) is 3. The third kappa shape index (κ3) is 5.86. The van der Waals surface area contributed by atoms with Crippen LogP contribution in [0.4, 0.5) is 0 Å². The summed E-state index contributed by atoms with van der Waals surface area (Å²) in [5.41, 5.74) is 2.33.